The number of likely N-dealkylation sites (N-methyl/N-ethyl adjacent to an activating group) is 1. The van der Waals surface area contributed by atoms with Crippen LogP contribution >= 0.6 is 0 Å². The third-order valence-electron chi connectivity index (χ3n) is 3.39. The van der Waals surface area contributed by atoms with Gasteiger partial charge < -0.3 is 9.84 Å². The molecular weight excluding hydrogens is 230 g/mol. The Bertz CT molecular complexity index is 415. The molecule has 0 atom stereocenters. The summed E-state index contributed by atoms with van der Waals surface area (Å²) < 4.78 is 5.28. The molecule has 0 fully saturated rings. The SMILES string of the molecule is COc1ccccc1CCN(C)C(C)(C)C(=O)O. The van der Waals surface area contributed by atoms with Crippen LogP contribution in [-0.2, 0) is 11.2 Å². The van der Waals surface area contributed by atoms with E-state index in [4.69, 9.17) is 9.84 Å². The standard InChI is InChI=1S/C14H21NO3/c1-14(2,13(16)17)15(3)10-9-11-7-5-6-8-12(11)18-4/h5-8H,9-10H2,1-4H3,(H,16,17). The predicted molar refractivity (Wildman–Crippen MR) is 71.0 cm³/mol. The van der Waals surface area contributed by atoms with Crippen LogP contribution in [0.1, 0.15) is 19.4 Å². The molecule has 0 unspecified atom stereocenters. The summed E-state index contributed by atoms with van der Waals surface area (Å²) in [6.07, 6.45) is 0.761. The van der Waals surface area contributed by atoms with Crippen molar-refractivity contribution in [2.24, 2.45) is 0 Å². The summed E-state index contributed by atoms with van der Waals surface area (Å²) in [5.74, 6) is 0.0315. The first-order valence-corrected chi connectivity index (χ1v) is 5.96. The van der Waals surface area contributed by atoms with Gasteiger partial charge in [0.05, 0.1) is 7.11 Å². The second-order valence-electron chi connectivity index (χ2n) is 4.85. The van der Waals surface area contributed by atoms with Crippen LogP contribution in [0.5, 0.6) is 5.75 Å². The van der Waals surface area contributed by atoms with Crippen molar-refractivity contribution < 1.29 is 14.6 Å². The molecule has 0 aromatic heterocycles. The van der Waals surface area contributed by atoms with Crippen LogP contribution in [0.15, 0.2) is 24.3 Å². The van der Waals surface area contributed by atoms with Crippen LogP contribution in [0.3, 0.4) is 0 Å². The second-order valence-corrected chi connectivity index (χ2v) is 4.85. The molecule has 4 nitrogen and oxygen atoms in total. The van der Waals surface area contributed by atoms with Crippen molar-refractivity contribution in [2.45, 2.75) is 25.8 Å². The third-order valence-corrected chi connectivity index (χ3v) is 3.39. The van der Waals surface area contributed by atoms with Gasteiger partial charge in [0.15, 0.2) is 0 Å². The number of carbonyl (C=O) groups is 1. The van der Waals surface area contributed by atoms with Gasteiger partial charge in [0, 0.05) is 6.54 Å². The molecule has 0 saturated carbocycles. The van der Waals surface area contributed by atoms with Crippen molar-refractivity contribution in [1.29, 1.82) is 0 Å². The maximum absolute atomic E-state index is 11.1. The van der Waals surface area contributed by atoms with E-state index >= 15 is 0 Å². The third kappa shape index (κ3) is 3.23. The lowest BCUT2D eigenvalue weighted by Crippen LogP contribution is -2.48. The van der Waals surface area contributed by atoms with E-state index in [0.717, 1.165) is 17.7 Å². The maximum atomic E-state index is 11.1. The number of hydrogen-bond donors (Lipinski definition) is 1. The molecule has 18 heavy (non-hydrogen) atoms. The van der Waals surface area contributed by atoms with Gasteiger partial charge in [-0.15, -0.1) is 0 Å². The van der Waals surface area contributed by atoms with Crippen molar-refractivity contribution in [3.8, 4) is 5.75 Å². The zero-order valence-electron chi connectivity index (χ0n) is 11.4. The summed E-state index contributed by atoms with van der Waals surface area (Å²) in [5.41, 5.74) is 0.232. The minimum absolute atomic E-state index is 0.666. The lowest BCUT2D eigenvalue weighted by molar-refractivity contribution is -0.148. The molecule has 0 heterocycles. The lowest BCUT2D eigenvalue weighted by atomic mass is 10.0. The number of para-hydroxylation sites is 1. The van der Waals surface area contributed by atoms with Crippen LogP contribution < -0.4 is 4.74 Å². The van der Waals surface area contributed by atoms with Crippen molar-refractivity contribution in [3.63, 3.8) is 0 Å². The molecule has 4 heteroatoms. The van der Waals surface area contributed by atoms with Crippen LogP contribution in [-0.4, -0.2) is 42.2 Å². The van der Waals surface area contributed by atoms with E-state index in [-0.39, 0.29) is 0 Å². The number of ether oxygens (including phenoxy) is 1. The summed E-state index contributed by atoms with van der Waals surface area (Å²) in [4.78, 5) is 13.0. The molecule has 1 rings (SSSR count). The highest BCUT2D eigenvalue weighted by atomic mass is 16.5. The molecule has 100 valence electrons. The van der Waals surface area contributed by atoms with E-state index in [2.05, 4.69) is 0 Å². The molecule has 0 radical (unpaired) electrons. The number of nitrogens with zero attached hydrogens (tertiary/aromatic N) is 1. The molecular formula is C14H21NO3. The Kier molecular flexibility index (Phi) is 4.73. The number of methoxy groups -OCH3 is 1. The van der Waals surface area contributed by atoms with E-state index in [1.54, 1.807) is 21.0 Å². The zero-order chi connectivity index (χ0) is 13.8. The summed E-state index contributed by atoms with van der Waals surface area (Å²) in [5, 5.41) is 9.14. The van der Waals surface area contributed by atoms with Gasteiger partial charge >= 0.3 is 5.97 Å². The number of rotatable bonds is 6. The highest BCUT2D eigenvalue weighted by Gasteiger charge is 2.31. The highest BCUT2D eigenvalue weighted by molar-refractivity contribution is 5.77. The molecule has 1 aromatic carbocycles. The maximum Gasteiger partial charge on any atom is 0.323 e. The topological polar surface area (TPSA) is 49.8 Å². The molecule has 1 N–H and O–H groups in total. The summed E-state index contributed by atoms with van der Waals surface area (Å²) in [6.45, 7) is 4.08. The molecule has 0 spiro atoms. The molecule has 0 saturated heterocycles. The second kappa shape index (κ2) is 5.87. The Hall–Kier alpha value is -1.55. The molecule has 0 bridgehead atoms. The van der Waals surface area contributed by atoms with Crippen LogP contribution in [0.2, 0.25) is 0 Å². The monoisotopic (exact) mass is 251 g/mol. The fourth-order valence-corrected chi connectivity index (χ4v) is 1.64. The van der Waals surface area contributed by atoms with Gasteiger partial charge in [-0.25, -0.2) is 0 Å². The normalized spacial score (nSPS) is 11.6. The van der Waals surface area contributed by atoms with Gasteiger partial charge in [-0.3, -0.25) is 9.69 Å². The van der Waals surface area contributed by atoms with E-state index < -0.39 is 11.5 Å². The number of carboxylic acids is 1. The predicted octanol–water partition coefficient (Wildman–Crippen LogP) is 2.03. The number of aliphatic carboxylic acids is 1. The Morgan fingerprint density at radius 1 is 1.39 bits per heavy atom. The van der Waals surface area contributed by atoms with E-state index in [9.17, 15) is 4.79 Å². The number of hydrogen-bond acceptors (Lipinski definition) is 3. The molecule has 0 aliphatic heterocycles. The minimum Gasteiger partial charge on any atom is -0.496 e. The molecule has 0 aliphatic rings. The molecule has 1 aromatic rings. The first kappa shape index (κ1) is 14.5. The smallest absolute Gasteiger partial charge is 0.323 e. The van der Waals surface area contributed by atoms with Gasteiger partial charge in [0.2, 0.25) is 0 Å². The number of benzene rings is 1. The number of carboxylic acid groups (broad SMARTS) is 1. The van der Waals surface area contributed by atoms with Gasteiger partial charge in [0.1, 0.15) is 11.3 Å². The highest BCUT2D eigenvalue weighted by Crippen LogP contribution is 2.19. The minimum atomic E-state index is -0.859. The van der Waals surface area contributed by atoms with Gasteiger partial charge in [-0.2, -0.15) is 0 Å². The van der Waals surface area contributed by atoms with Crippen molar-refractivity contribution >= 4 is 5.97 Å². The Morgan fingerprint density at radius 3 is 2.56 bits per heavy atom. The van der Waals surface area contributed by atoms with E-state index in [1.807, 2.05) is 36.2 Å². The first-order chi connectivity index (χ1) is 8.39. The van der Waals surface area contributed by atoms with Crippen molar-refractivity contribution in [2.75, 3.05) is 20.7 Å². The van der Waals surface area contributed by atoms with Gasteiger partial charge in [-0.05, 0) is 38.9 Å². The fourth-order valence-electron chi connectivity index (χ4n) is 1.64. The van der Waals surface area contributed by atoms with Crippen molar-refractivity contribution in [1.82, 2.24) is 4.90 Å². The molecule has 0 amide bonds. The van der Waals surface area contributed by atoms with Gasteiger partial charge in [0.25, 0.3) is 0 Å². The summed E-state index contributed by atoms with van der Waals surface area (Å²) in [7, 11) is 3.47. The zero-order valence-corrected chi connectivity index (χ0v) is 11.4. The first-order valence-electron chi connectivity index (χ1n) is 5.96. The lowest BCUT2D eigenvalue weighted by Gasteiger charge is -2.31. The van der Waals surface area contributed by atoms with Crippen LogP contribution in [0.4, 0.5) is 0 Å². The fraction of sp³-hybridized carbons (Fsp3) is 0.500. The molecule has 0 aliphatic carbocycles. The Morgan fingerprint density at radius 2 is 2.00 bits per heavy atom. The van der Waals surface area contributed by atoms with Gasteiger partial charge in [-0.1, -0.05) is 18.2 Å². The largest absolute Gasteiger partial charge is 0.496 e. The summed E-state index contributed by atoms with van der Waals surface area (Å²) >= 11 is 0. The summed E-state index contributed by atoms with van der Waals surface area (Å²) in [6, 6.07) is 7.80. The average molecular weight is 251 g/mol. The Labute approximate surface area is 108 Å². The quantitative estimate of drug-likeness (QED) is 0.840. The van der Waals surface area contributed by atoms with E-state index in [1.165, 1.54) is 0 Å². The van der Waals surface area contributed by atoms with Crippen LogP contribution in [0, 0.1) is 0 Å². The van der Waals surface area contributed by atoms with Crippen molar-refractivity contribution in [3.05, 3.63) is 29.8 Å². The van der Waals surface area contributed by atoms with Crippen LogP contribution in [0.25, 0.3) is 0 Å². The average Bonchev–Trinajstić information content (AvgIpc) is 2.35. The van der Waals surface area contributed by atoms with E-state index in [0.29, 0.717) is 6.54 Å². The Balaban J connectivity index is 2.68.